The van der Waals surface area contributed by atoms with E-state index in [4.69, 9.17) is 9.40 Å². The van der Waals surface area contributed by atoms with Crippen LogP contribution >= 0.6 is 11.3 Å². The van der Waals surface area contributed by atoms with Crippen LogP contribution in [0.1, 0.15) is 31.9 Å². The largest absolute Gasteiger partial charge is 0.455 e. The summed E-state index contributed by atoms with van der Waals surface area (Å²) in [6.07, 6.45) is 1.98. The van der Waals surface area contributed by atoms with Gasteiger partial charge in [-0.3, -0.25) is 4.98 Å². The predicted octanol–water partition coefficient (Wildman–Crippen LogP) is 7.47. The molecule has 0 N–H and O–H groups in total. The summed E-state index contributed by atoms with van der Waals surface area (Å²) in [4.78, 5) is 4.73. The number of benzene rings is 2. The molecular weight excluding hydrogens is 350 g/mol. The summed E-state index contributed by atoms with van der Waals surface area (Å²) < 4.78 is 7.63. The monoisotopic (exact) mass is 371 g/mol. The number of pyridine rings is 1. The van der Waals surface area contributed by atoms with E-state index in [1.54, 1.807) is 11.3 Å². The maximum atomic E-state index is 6.34. The van der Waals surface area contributed by atoms with Crippen molar-refractivity contribution in [3.8, 4) is 11.3 Å². The second-order valence-electron chi connectivity index (χ2n) is 8.23. The van der Waals surface area contributed by atoms with Crippen molar-refractivity contribution in [3.05, 3.63) is 65.2 Å². The van der Waals surface area contributed by atoms with Crippen LogP contribution in [-0.2, 0) is 5.41 Å². The fraction of sp³-hybridized carbons (Fsp3) is 0.208. The van der Waals surface area contributed by atoms with Crippen molar-refractivity contribution in [1.82, 2.24) is 4.98 Å². The van der Waals surface area contributed by atoms with Crippen molar-refractivity contribution in [3.63, 3.8) is 0 Å². The fourth-order valence-corrected chi connectivity index (χ4v) is 4.74. The quantitative estimate of drug-likeness (QED) is 0.305. The topological polar surface area (TPSA) is 26.0 Å². The summed E-state index contributed by atoms with van der Waals surface area (Å²) in [5.74, 6) is 0. The van der Waals surface area contributed by atoms with E-state index in [1.165, 1.54) is 26.6 Å². The first kappa shape index (κ1) is 16.5. The zero-order chi connectivity index (χ0) is 18.8. The molecule has 0 aliphatic carbocycles. The lowest BCUT2D eigenvalue weighted by Gasteiger charge is -2.22. The lowest BCUT2D eigenvalue weighted by molar-refractivity contribution is 0.585. The number of para-hydroxylation sites is 1. The first-order chi connectivity index (χ1) is 12.9. The summed E-state index contributed by atoms with van der Waals surface area (Å²) in [5.41, 5.74) is 6.50. The Bertz CT molecular complexity index is 1320. The van der Waals surface area contributed by atoms with Gasteiger partial charge < -0.3 is 4.42 Å². The summed E-state index contributed by atoms with van der Waals surface area (Å²) in [6.45, 7) is 8.86. The zero-order valence-corrected chi connectivity index (χ0v) is 16.8. The minimum atomic E-state index is 0.0773. The molecule has 2 nitrogen and oxygen atoms in total. The van der Waals surface area contributed by atoms with Crippen molar-refractivity contribution >= 4 is 43.4 Å². The smallest absolute Gasteiger partial charge is 0.144 e. The van der Waals surface area contributed by atoms with Gasteiger partial charge in [0.05, 0.1) is 5.69 Å². The molecule has 0 saturated heterocycles. The summed E-state index contributed by atoms with van der Waals surface area (Å²) in [7, 11) is 0. The van der Waals surface area contributed by atoms with Crippen molar-refractivity contribution in [2.75, 3.05) is 0 Å². The van der Waals surface area contributed by atoms with Crippen LogP contribution in [0.4, 0.5) is 0 Å². The van der Waals surface area contributed by atoms with Crippen LogP contribution in [0, 0.1) is 6.92 Å². The molecular formula is C24H21NOS. The second-order valence-corrected chi connectivity index (χ2v) is 9.17. The van der Waals surface area contributed by atoms with Crippen LogP contribution < -0.4 is 0 Å². The van der Waals surface area contributed by atoms with E-state index in [0.29, 0.717) is 0 Å². The summed E-state index contributed by atoms with van der Waals surface area (Å²) in [5, 5.41) is 5.68. The second kappa shape index (κ2) is 5.67. The van der Waals surface area contributed by atoms with Crippen molar-refractivity contribution < 1.29 is 4.42 Å². The molecule has 0 fully saturated rings. The SMILES string of the molecule is Cc1cnc(-c2cccc3c2oc2cc4ccsc4cc23)cc1C(C)(C)C. The summed E-state index contributed by atoms with van der Waals surface area (Å²) in [6, 6.07) is 15.1. The van der Waals surface area contributed by atoms with Crippen LogP contribution in [0.15, 0.2) is 58.5 Å². The molecule has 3 aromatic heterocycles. The van der Waals surface area contributed by atoms with Gasteiger partial charge in [0.1, 0.15) is 11.2 Å². The third-order valence-corrected chi connectivity index (χ3v) is 6.14. The van der Waals surface area contributed by atoms with Crippen LogP contribution in [-0.4, -0.2) is 4.98 Å². The molecule has 0 unspecified atom stereocenters. The minimum Gasteiger partial charge on any atom is -0.455 e. The Morgan fingerprint density at radius 1 is 1.00 bits per heavy atom. The molecule has 0 spiro atoms. The van der Waals surface area contributed by atoms with Gasteiger partial charge in [-0.05, 0) is 64.6 Å². The number of aromatic nitrogens is 1. The first-order valence-electron chi connectivity index (χ1n) is 9.22. The van der Waals surface area contributed by atoms with E-state index in [-0.39, 0.29) is 5.41 Å². The molecule has 0 radical (unpaired) electrons. The molecule has 5 aromatic rings. The highest BCUT2D eigenvalue weighted by molar-refractivity contribution is 7.17. The number of fused-ring (bicyclic) bond motifs is 4. The number of rotatable bonds is 1. The Balaban J connectivity index is 1.80. The molecule has 134 valence electrons. The van der Waals surface area contributed by atoms with Gasteiger partial charge in [0.15, 0.2) is 0 Å². The highest BCUT2D eigenvalue weighted by Gasteiger charge is 2.19. The van der Waals surface area contributed by atoms with Gasteiger partial charge in [-0.25, -0.2) is 0 Å². The van der Waals surface area contributed by atoms with Gasteiger partial charge in [-0.15, -0.1) is 11.3 Å². The Labute approximate surface area is 162 Å². The number of furan rings is 1. The molecule has 0 aliphatic rings. The van der Waals surface area contributed by atoms with Crippen molar-refractivity contribution in [1.29, 1.82) is 0 Å². The molecule has 0 bridgehead atoms. The minimum absolute atomic E-state index is 0.0773. The van der Waals surface area contributed by atoms with Crippen molar-refractivity contribution in [2.45, 2.75) is 33.1 Å². The van der Waals surface area contributed by atoms with E-state index in [9.17, 15) is 0 Å². The molecule has 5 rings (SSSR count). The highest BCUT2D eigenvalue weighted by Crippen LogP contribution is 2.38. The van der Waals surface area contributed by atoms with E-state index < -0.39 is 0 Å². The first-order valence-corrected chi connectivity index (χ1v) is 10.1. The standard InChI is InChI=1S/C24H21NOS/c1-14-13-25-20(12-19(14)24(2,3)4)17-7-5-6-16-18-11-22-15(8-9-27-22)10-21(18)26-23(16)17/h5-13H,1-4H3. The third-order valence-electron chi connectivity index (χ3n) is 5.26. The van der Waals surface area contributed by atoms with Gasteiger partial charge in [0.25, 0.3) is 0 Å². The molecule has 0 atom stereocenters. The average molecular weight is 372 g/mol. The number of hydrogen-bond donors (Lipinski definition) is 0. The molecule has 3 heterocycles. The predicted molar refractivity (Wildman–Crippen MR) is 116 cm³/mol. The van der Waals surface area contributed by atoms with Crippen LogP contribution in [0.3, 0.4) is 0 Å². The molecule has 27 heavy (non-hydrogen) atoms. The van der Waals surface area contributed by atoms with E-state index in [1.807, 2.05) is 6.20 Å². The third kappa shape index (κ3) is 2.57. The molecule has 0 aliphatic heterocycles. The maximum Gasteiger partial charge on any atom is 0.144 e. The van der Waals surface area contributed by atoms with Crippen molar-refractivity contribution in [2.24, 2.45) is 0 Å². The number of thiophene rings is 1. The van der Waals surface area contributed by atoms with E-state index in [0.717, 1.165) is 27.8 Å². The average Bonchev–Trinajstić information content (AvgIpc) is 3.22. The van der Waals surface area contributed by atoms with Gasteiger partial charge in [0.2, 0.25) is 0 Å². The maximum absolute atomic E-state index is 6.34. The van der Waals surface area contributed by atoms with E-state index >= 15 is 0 Å². The van der Waals surface area contributed by atoms with Gasteiger partial charge in [0, 0.05) is 27.2 Å². The van der Waals surface area contributed by atoms with E-state index in [2.05, 4.69) is 75.5 Å². The van der Waals surface area contributed by atoms with Gasteiger partial charge in [-0.1, -0.05) is 32.9 Å². The Hall–Kier alpha value is -2.65. The number of hydrogen-bond acceptors (Lipinski definition) is 3. The Morgan fingerprint density at radius 2 is 1.85 bits per heavy atom. The van der Waals surface area contributed by atoms with Gasteiger partial charge in [-0.2, -0.15) is 0 Å². The molecule has 0 saturated carbocycles. The molecule has 2 aromatic carbocycles. The highest BCUT2D eigenvalue weighted by atomic mass is 32.1. The van der Waals surface area contributed by atoms with Crippen LogP contribution in [0.5, 0.6) is 0 Å². The van der Waals surface area contributed by atoms with Crippen LogP contribution in [0.25, 0.3) is 43.3 Å². The van der Waals surface area contributed by atoms with Crippen LogP contribution in [0.2, 0.25) is 0 Å². The number of aryl methyl sites for hydroxylation is 1. The number of nitrogens with zero attached hydrogens (tertiary/aromatic N) is 1. The Morgan fingerprint density at radius 3 is 2.67 bits per heavy atom. The lowest BCUT2D eigenvalue weighted by Crippen LogP contribution is -2.13. The fourth-order valence-electron chi connectivity index (χ4n) is 3.93. The Kier molecular flexibility index (Phi) is 3.47. The lowest BCUT2D eigenvalue weighted by atomic mass is 9.84. The molecule has 3 heteroatoms. The van der Waals surface area contributed by atoms with Gasteiger partial charge >= 0.3 is 0 Å². The summed E-state index contributed by atoms with van der Waals surface area (Å²) >= 11 is 1.77. The molecule has 0 amide bonds. The zero-order valence-electron chi connectivity index (χ0n) is 16.0. The normalized spacial score (nSPS) is 12.4.